The molecule has 2 rings (SSSR count). The van der Waals surface area contributed by atoms with Crippen LogP contribution in [0.3, 0.4) is 0 Å². The third-order valence-electron chi connectivity index (χ3n) is 3.12. The van der Waals surface area contributed by atoms with Gasteiger partial charge in [0, 0.05) is 12.0 Å². The Labute approximate surface area is 122 Å². The Bertz CT molecular complexity index is 601. The monoisotopic (exact) mass is 290 g/mol. The van der Waals surface area contributed by atoms with E-state index < -0.39 is 0 Å². The zero-order valence-electron chi connectivity index (χ0n) is 12.2. The molecule has 0 saturated heterocycles. The fraction of sp³-hybridized carbons (Fsp3) is 0.286. The highest BCUT2D eigenvalue weighted by molar-refractivity contribution is 5.58. The quantitative estimate of drug-likeness (QED) is 0.853. The zero-order chi connectivity index (χ0) is 15.4. The summed E-state index contributed by atoms with van der Waals surface area (Å²) >= 11 is 0. The Morgan fingerprint density at radius 3 is 1.86 bits per heavy atom. The highest BCUT2D eigenvalue weighted by Gasteiger charge is 2.15. The summed E-state index contributed by atoms with van der Waals surface area (Å²) in [6.07, 6.45) is 1.80. The highest BCUT2D eigenvalue weighted by atomic mass is 16.5. The molecular weight excluding hydrogens is 272 g/mol. The second kappa shape index (κ2) is 6.17. The Kier molecular flexibility index (Phi) is 4.32. The van der Waals surface area contributed by atoms with E-state index in [1.165, 1.54) is 6.33 Å². The fourth-order valence-corrected chi connectivity index (χ4v) is 2.06. The summed E-state index contributed by atoms with van der Waals surface area (Å²) in [5, 5.41) is 0. The van der Waals surface area contributed by atoms with E-state index in [1.54, 1.807) is 21.3 Å². The molecule has 0 fully saturated rings. The van der Waals surface area contributed by atoms with Crippen LogP contribution in [0.25, 0.3) is 0 Å². The number of anilines is 2. The minimum Gasteiger partial charge on any atom is -0.493 e. The van der Waals surface area contributed by atoms with Gasteiger partial charge in [0.1, 0.15) is 18.0 Å². The van der Waals surface area contributed by atoms with Crippen LogP contribution in [0.2, 0.25) is 0 Å². The number of nitrogens with zero attached hydrogens (tertiary/aromatic N) is 2. The Morgan fingerprint density at radius 2 is 1.43 bits per heavy atom. The molecule has 4 N–H and O–H groups in total. The average molecular weight is 290 g/mol. The molecule has 0 atom stereocenters. The number of nitrogens with two attached hydrogens (primary N) is 2. The Hall–Kier alpha value is -2.70. The van der Waals surface area contributed by atoms with Crippen molar-refractivity contribution in [2.75, 3.05) is 32.8 Å². The van der Waals surface area contributed by atoms with E-state index in [9.17, 15) is 0 Å². The standard InChI is InChI=1S/C14H18N4O3/c1-19-10-5-8(6-11(20-2)12(10)21-3)4-9-13(15)17-7-18-14(9)16/h5-7H,4H2,1-3H3,(H4,15,16,17,18). The smallest absolute Gasteiger partial charge is 0.203 e. The summed E-state index contributed by atoms with van der Waals surface area (Å²) in [5.41, 5.74) is 13.3. The first-order valence-electron chi connectivity index (χ1n) is 6.24. The van der Waals surface area contributed by atoms with E-state index in [4.69, 9.17) is 25.7 Å². The van der Waals surface area contributed by atoms with Crippen LogP contribution in [0.1, 0.15) is 11.1 Å². The summed E-state index contributed by atoms with van der Waals surface area (Å²) in [4.78, 5) is 7.91. The molecule has 0 radical (unpaired) electrons. The van der Waals surface area contributed by atoms with Crippen molar-refractivity contribution in [3.63, 3.8) is 0 Å². The molecule has 0 aliphatic heterocycles. The van der Waals surface area contributed by atoms with E-state index in [2.05, 4.69) is 9.97 Å². The number of benzene rings is 1. The van der Waals surface area contributed by atoms with Gasteiger partial charge in [0.2, 0.25) is 5.75 Å². The van der Waals surface area contributed by atoms with Crippen LogP contribution in [-0.2, 0) is 6.42 Å². The van der Waals surface area contributed by atoms with Gasteiger partial charge in [-0.15, -0.1) is 0 Å². The van der Waals surface area contributed by atoms with E-state index in [-0.39, 0.29) is 0 Å². The van der Waals surface area contributed by atoms with Crippen molar-refractivity contribution in [2.24, 2.45) is 0 Å². The third kappa shape index (κ3) is 2.91. The molecule has 1 heterocycles. The van der Waals surface area contributed by atoms with Gasteiger partial charge in [0.05, 0.1) is 21.3 Å². The lowest BCUT2D eigenvalue weighted by Crippen LogP contribution is -2.06. The predicted octanol–water partition coefficient (Wildman–Crippen LogP) is 1.26. The summed E-state index contributed by atoms with van der Waals surface area (Å²) in [6.45, 7) is 0. The van der Waals surface area contributed by atoms with Gasteiger partial charge in [0.15, 0.2) is 11.5 Å². The molecule has 1 aromatic carbocycles. The average Bonchev–Trinajstić information content (AvgIpc) is 2.49. The van der Waals surface area contributed by atoms with Crippen LogP contribution in [-0.4, -0.2) is 31.3 Å². The Balaban J connectivity index is 2.45. The van der Waals surface area contributed by atoms with Crippen LogP contribution >= 0.6 is 0 Å². The summed E-state index contributed by atoms with van der Waals surface area (Å²) in [6, 6.07) is 3.68. The van der Waals surface area contributed by atoms with Gasteiger partial charge in [0.25, 0.3) is 0 Å². The van der Waals surface area contributed by atoms with E-state index >= 15 is 0 Å². The number of hydrogen-bond donors (Lipinski definition) is 2. The maximum Gasteiger partial charge on any atom is 0.203 e. The molecule has 0 aliphatic rings. The molecule has 112 valence electrons. The number of rotatable bonds is 5. The van der Waals surface area contributed by atoms with Crippen molar-refractivity contribution in [3.05, 3.63) is 29.6 Å². The van der Waals surface area contributed by atoms with Crippen molar-refractivity contribution >= 4 is 11.6 Å². The summed E-state index contributed by atoms with van der Waals surface area (Å²) in [7, 11) is 4.69. The van der Waals surface area contributed by atoms with E-state index in [0.29, 0.717) is 40.9 Å². The highest BCUT2D eigenvalue weighted by Crippen LogP contribution is 2.39. The maximum atomic E-state index is 5.85. The Morgan fingerprint density at radius 1 is 0.905 bits per heavy atom. The van der Waals surface area contributed by atoms with Crippen molar-refractivity contribution in [1.82, 2.24) is 9.97 Å². The largest absolute Gasteiger partial charge is 0.493 e. The second-order valence-electron chi connectivity index (χ2n) is 4.33. The van der Waals surface area contributed by atoms with Gasteiger partial charge in [-0.1, -0.05) is 0 Å². The minimum atomic E-state index is 0.358. The molecular formula is C14H18N4O3. The fourth-order valence-electron chi connectivity index (χ4n) is 2.06. The predicted molar refractivity (Wildman–Crippen MR) is 79.8 cm³/mol. The minimum absolute atomic E-state index is 0.358. The van der Waals surface area contributed by atoms with Crippen LogP contribution in [0.15, 0.2) is 18.5 Å². The third-order valence-corrected chi connectivity index (χ3v) is 3.12. The zero-order valence-corrected chi connectivity index (χ0v) is 12.2. The number of hydrogen-bond acceptors (Lipinski definition) is 7. The molecule has 21 heavy (non-hydrogen) atoms. The number of nitrogen functional groups attached to an aromatic ring is 2. The summed E-state index contributed by atoms with van der Waals surface area (Å²) in [5.74, 6) is 2.39. The number of methoxy groups -OCH3 is 3. The van der Waals surface area contributed by atoms with Crippen LogP contribution < -0.4 is 25.7 Å². The van der Waals surface area contributed by atoms with Gasteiger partial charge in [-0.3, -0.25) is 0 Å². The number of ether oxygens (including phenoxy) is 3. The van der Waals surface area contributed by atoms with Crippen molar-refractivity contribution in [1.29, 1.82) is 0 Å². The van der Waals surface area contributed by atoms with Gasteiger partial charge in [-0.2, -0.15) is 0 Å². The van der Waals surface area contributed by atoms with Crippen molar-refractivity contribution in [2.45, 2.75) is 6.42 Å². The van der Waals surface area contributed by atoms with Gasteiger partial charge < -0.3 is 25.7 Å². The van der Waals surface area contributed by atoms with Crippen molar-refractivity contribution < 1.29 is 14.2 Å². The first kappa shape index (κ1) is 14.7. The lowest BCUT2D eigenvalue weighted by Gasteiger charge is -2.14. The van der Waals surface area contributed by atoms with Crippen molar-refractivity contribution in [3.8, 4) is 17.2 Å². The van der Waals surface area contributed by atoms with Crippen LogP contribution in [0, 0.1) is 0 Å². The van der Waals surface area contributed by atoms with Gasteiger partial charge in [-0.05, 0) is 17.7 Å². The molecule has 7 heteroatoms. The molecule has 1 aromatic heterocycles. The molecule has 0 spiro atoms. The molecule has 0 saturated carbocycles. The molecule has 0 aliphatic carbocycles. The molecule has 0 bridgehead atoms. The van der Waals surface area contributed by atoms with Gasteiger partial charge in [-0.25, -0.2) is 9.97 Å². The number of aromatic nitrogens is 2. The molecule has 7 nitrogen and oxygen atoms in total. The first-order chi connectivity index (χ1) is 10.1. The first-order valence-corrected chi connectivity index (χ1v) is 6.24. The van der Waals surface area contributed by atoms with Crippen LogP contribution in [0.5, 0.6) is 17.2 Å². The van der Waals surface area contributed by atoms with E-state index in [1.807, 2.05) is 12.1 Å². The van der Waals surface area contributed by atoms with E-state index in [0.717, 1.165) is 5.56 Å². The lowest BCUT2D eigenvalue weighted by atomic mass is 10.0. The topological polar surface area (TPSA) is 106 Å². The molecule has 0 amide bonds. The summed E-state index contributed by atoms with van der Waals surface area (Å²) < 4.78 is 15.9. The maximum absolute atomic E-state index is 5.85. The lowest BCUT2D eigenvalue weighted by molar-refractivity contribution is 0.324. The van der Waals surface area contributed by atoms with Crippen LogP contribution in [0.4, 0.5) is 11.6 Å². The SMILES string of the molecule is COc1cc(Cc2c(N)ncnc2N)cc(OC)c1OC. The normalized spacial score (nSPS) is 10.2. The molecule has 2 aromatic rings. The van der Waals surface area contributed by atoms with Gasteiger partial charge >= 0.3 is 0 Å². The second-order valence-corrected chi connectivity index (χ2v) is 4.33. The molecule has 0 unspecified atom stereocenters.